The average molecular weight is 325 g/mol. The van der Waals surface area contributed by atoms with E-state index < -0.39 is 5.41 Å². The molecule has 0 unspecified atom stereocenters. The van der Waals surface area contributed by atoms with Gasteiger partial charge in [0.2, 0.25) is 0 Å². The van der Waals surface area contributed by atoms with Crippen molar-refractivity contribution in [3.8, 4) is 0 Å². The van der Waals surface area contributed by atoms with Crippen LogP contribution in [-0.4, -0.2) is 32.8 Å². The van der Waals surface area contributed by atoms with E-state index in [1.807, 2.05) is 25.1 Å². The second-order valence-corrected chi connectivity index (χ2v) is 7.41. The first-order chi connectivity index (χ1) is 8.96. The van der Waals surface area contributed by atoms with Gasteiger partial charge in [-0.05, 0) is 0 Å². The van der Waals surface area contributed by atoms with Crippen molar-refractivity contribution >= 4 is 31.2 Å². The van der Waals surface area contributed by atoms with Gasteiger partial charge in [-0.25, -0.2) is 0 Å². The molecule has 0 aliphatic carbocycles. The number of Topliss-reactive ketones (excluding diaryl/α,β-unsaturated/α-hetero) is 1. The van der Waals surface area contributed by atoms with Crippen molar-refractivity contribution in [2.45, 2.75) is 32.2 Å². The third-order valence-corrected chi connectivity index (χ3v) is 6.35. The van der Waals surface area contributed by atoms with Crippen LogP contribution < -0.4 is 4.46 Å². The summed E-state index contributed by atoms with van der Waals surface area (Å²) in [5.74, 6) is -0.510. The van der Waals surface area contributed by atoms with E-state index >= 15 is 0 Å². The Morgan fingerprint density at radius 3 is 2.53 bits per heavy atom. The molecule has 4 heteroatoms. The molecule has 0 amide bonds. The first kappa shape index (κ1) is 14.3. The second-order valence-electron chi connectivity index (χ2n) is 5.12. The van der Waals surface area contributed by atoms with E-state index in [9.17, 15) is 9.59 Å². The molecule has 1 saturated heterocycles. The number of ketones is 1. The van der Waals surface area contributed by atoms with Gasteiger partial charge in [-0.1, -0.05) is 0 Å². The summed E-state index contributed by atoms with van der Waals surface area (Å²) in [6, 6.07) is 10.2. The van der Waals surface area contributed by atoms with E-state index in [0.29, 0.717) is 0 Å². The summed E-state index contributed by atoms with van der Waals surface area (Å²) in [5.41, 5.74) is -0.961. The summed E-state index contributed by atoms with van der Waals surface area (Å²) >= 11 is 0.266. The SMILES string of the molecule is CC(=O)[C@]1(C)C(=O)O[C@H](C[Se]c2ccccc2)[C@@H]1C. The molecule has 0 bridgehead atoms. The third-order valence-electron chi connectivity index (χ3n) is 4.04. The minimum absolute atomic E-state index is 0.0527. The molecule has 19 heavy (non-hydrogen) atoms. The Morgan fingerprint density at radius 2 is 2.00 bits per heavy atom. The van der Waals surface area contributed by atoms with Gasteiger partial charge in [0.15, 0.2) is 0 Å². The minimum atomic E-state index is -0.961. The number of hydrogen-bond acceptors (Lipinski definition) is 3. The molecule has 2 rings (SSSR count). The van der Waals surface area contributed by atoms with Crippen LogP contribution >= 0.6 is 0 Å². The maximum atomic E-state index is 11.9. The Morgan fingerprint density at radius 1 is 1.37 bits per heavy atom. The Hall–Kier alpha value is -1.12. The standard InChI is InChI=1S/C15H18O3Se/c1-10-13(9-19-12-7-5-4-6-8-12)18-14(17)15(10,3)11(2)16/h4-8,10,13H,9H2,1-3H3/t10-,13+,15+/m0/s1. The molecule has 3 nitrogen and oxygen atoms in total. The molecule has 1 aromatic rings. The summed E-state index contributed by atoms with van der Waals surface area (Å²) in [4.78, 5) is 23.6. The van der Waals surface area contributed by atoms with Gasteiger partial charge < -0.3 is 0 Å². The Balaban J connectivity index is 2.04. The van der Waals surface area contributed by atoms with Crippen LogP contribution in [0.15, 0.2) is 30.3 Å². The Labute approximate surface area is 119 Å². The Kier molecular flexibility index (Phi) is 4.12. The number of hydrogen-bond donors (Lipinski definition) is 0. The number of cyclic esters (lactones) is 1. The van der Waals surface area contributed by atoms with Gasteiger partial charge in [0, 0.05) is 0 Å². The molecule has 1 aliphatic heterocycles. The molecule has 0 radical (unpaired) electrons. The fraction of sp³-hybridized carbons (Fsp3) is 0.467. The van der Waals surface area contributed by atoms with Crippen LogP contribution in [0, 0.1) is 11.3 Å². The van der Waals surface area contributed by atoms with Crippen LogP contribution in [0.3, 0.4) is 0 Å². The summed E-state index contributed by atoms with van der Waals surface area (Å²) < 4.78 is 6.71. The van der Waals surface area contributed by atoms with Crippen molar-refractivity contribution in [2.75, 3.05) is 0 Å². The maximum absolute atomic E-state index is 11.9. The van der Waals surface area contributed by atoms with Gasteiger partial charge in [0.25, 0.3) is 0 Å². The summed E-state index contributed by atoms with van der Waals surface area (Å²) in [7, 11) is 0. The zero-order valence-electron chi connectivity index (χ0n) is 11.4. The third kappa shape index (κ3) is 2.60. The molecule has 1 heterocycles. The predicted molar refractivity (Wildman–Crippen MR) is 74.5 cm³/mol. The molecule has 0 spiro atoms. The molecule has 3 atom stereocenters. The number of carbonyl (C=O) groups is 2. The molecular formula is C15H18O3Se. The van der Waals surface area contributed by atoms with E-state index in [2.05, 4.69) is 12.1 Å². The second kappa shape index (κ2) is 5.48. The van der Waals surface area contributed by atoms with Crippen LogP contribution in [0.4, 0.5) is 0 Å². The zero-order valence-corrected chi connectivity index (χ0v) is 13.1. The van der Waals surface area contributed by atoms with Crippen molar-refractivity contribution in [1.29, 1.82) is 0 Å². The normalized spacial score (nSPS) is 30.2. The quantitative estimate of drug-likeness (QED) is 0.480. The molecule has 0 aromatic heterocycles. The van der Waals surface area contributed by atoms with Gasteiger partial charge in [0.05, 0.1) is 0 Å². The first-order valence-corrected chi connectivity index (χ1v) is 8.43. The van der Waals surface area contributed by atoms with Crippen LogP contribution in [-0.2, 0) is 14.3 Å². The van der Waals surface area contributed by atoms with Crippen molar-refractivity contribution in [3.05, 3.63) is 30.3 Å². The number of benzene rings is 1. The average Bonchev–Trinajstić information content (AvgIpc) is 2.63. The van der Waals surface area contributed by atoms with Gasteiger partial charge in [-0.2, -0.15) is 0 Å². The Bertz CT molecular complexity index is 485. The summed E-state index contributed by atoms with van der Waals surface area (Å²) in [6.45, 7) is 5.12. The van der Waals surface area contributed by atoms with Crippen LogP contribution in [0.2, 0.25) is 5.32 Å². The topological polar surface area (TPSA) is 43.4 Å². The molecule has 1 aliphatic rings. The zero-order chi connectivity index (χ0) is 14.0. The van der Waals surface area contributed by atoms with Crippen LogP contribution in [0.25, 0.3) is 0 Å². The summed E-state index contributed by atoms with van der Waals surface area (Å²) in [5, 5.41) is 0.826. The van der Waals surface area contributed by atoms with Gasteiger partial charge in [0.1, 0.15) is 0 Å². The van der Waals surface area contributed by atoms with Crippen molar-refractivity contribution < 1.29 is 14.3 Å². The summed E-state index contributed by atoms with van der Waals surface area (Å²) in [6.07, 6.45) is -0.137. The fourth-order valence-electron chi connectivity index (χ4n) is 2.26. The van der Waals surface area contributed by atoms with Gasteiger partial charge in [-0.15, -0.1) is 0 Å². The van der Waals surface area contributed by atoms with E-state index in [4.69, 9.17) is 4.74 Å². The molecule has 0 saturated carbocycles. The molecule has 0 N–H and O–H groups in total. The van der Waals surface area contributed by atoms with Crippen LogP contribution in [0.5, 0.6) is 0 Å². The number of rotatable bonds is 4. The molecule has 1 aromatic carbocycles. The van der Waals surface area contributed by atoms with E-state index in [0.717, 1.165) is 5.32 Å². The number of esters is 1. The van der Waals surface area contributed by atoms with Gasteiger partial charge in [-0.3, -0.25) is 0 Å². The molecule has 102 valence electrons. The molecule has 1 fully saturated rings. The fourth-order valence-corrected chi connectivity index (χ4v) is 4.49. The van der Waals surface area contributed by atoms with Gasteiger partial charge >= 0.3 is 119 Å². The molecular weight excluding hydrogens is 307 g/mol. The monoisotopic (exact) mass is 326 g/mol. The first-order valence-electron chi connectivity index (χ1n) is 6.36. The number of ether oxygens (including phenoxy) is 1. The van der Waals surface area contributed by atoms with Crippen molar-refractivity contribution in [2.24, 2.45) is 11.3 Å². The van der Waals surface area contributed by atoms with Crippen LogP contribution in [0.1, 0.15) is 20.8 Å². The van der Waals surface area contributed by atoms with E-state index in [-0.39, 0.29) is 38.7 Å². The number of carbonyl (C=O) groups excluding carboxylic acids is 2. The predicted octanol–water partition coefficient (Wildman–Crippen LogP) is 1.59. The van der Waals surface area contributed by atoms with E-state index in [1.54, 1.807) is 6.92 Å². The van der Waals surface area contributed by atoms with E-state index in [1.165, 1.54) is 11.4 Å². The van der Waals surface area contributed by atoms with Crippen molar-refractivity contribution in [1.82, 2.24) is 0 Å². The van der Waals surface area contributed by atoms with Crippen molar-refractivity contribution in [3.63, 3.8) is 0 Å².